The Morgan fingerprint density at radius 3 is 2.37 bits per heavy atom. The van der Waals surface area contributed by atoms with Crippen LogP contribution in [0.3, 0.4) is 0 Å². The van der Waals surface area contributed by atoms with Crippen LogP contribution in [0.15, 0.2) is 66.7 Å². The van der Waals surface area contributed by atoms with Gasteiger partial charge in [-0.2, -0.15) is 0 Å². The van der Waals surface area contributed by atoms with Crippen LogP contribution in [0.1, 0.15) is 6.92 Å². The number of fused-ring (bicyclic) bond motifs is 1. The van der Waals surface area contributed by atoms with Gasteiger partial charge in [-0.3, -0.25) is 24.6 Å². The highest BCUT2D eigenvalue weighted by Gasteiger charge is 2.23. The van der Waals surface area contributed by atoms with Crippen molar-refractivity contribution in [3.63, 3.8) is 0 Å². The Bertz CT molecular complexity index is 1090. The highest BCUT2D eigenvalue weighted by atomic mass is 16.6. The average molecular weight is 406 g/mol. The SMILES string of the molecule is C[C@@H](C(=O)Nc1ccccc1[N+](=O)[O-])N(C)CC(=O)Nc1cccc2ccccc12. The van der Waals surface area contributed by atoms with Gasteiger partial charge in [-0.1, -0.05) is 48.5 Å². The van der Waals surface area contributed by atoms with E-state index in [0.717, 1.165) is 10.8 Å². The highest BCUT2D eigenvalue weighted by molar-refractivity contribution is 6.03. The molecule has 0 saturated carbocycles. The minimum Gasteiger partial charge on any atom is -0.324 e. The molecule has 8 heteroatoms. The molecule has 0 saturated heterocycles. The third-order valence-corrected chi connectivity index (χ3v) is 4.86. The summed E-state index contributed by atoms with van der Waals surface area (Å²) in [5.41, 5.74) is 0.630. The summed E-state index contributed by atoms with van der Waals surface area (Å²) in [7, 11) is 1.65. The molecule has 0 radical (unpaired) electrons. The number of benzene rings is 3. The molecular weight excluding hydrogens is 384 g/mol. The first-order valence-corrected chi connectivity index (χ1v) is 9.39. The van der Waals surface area contributed by atoms with Gasteiger partial charge in [0.05, 0.1) is 17.5 Å². The Hall–Kier alpha value is -3.78. The van der Waals surface area contributed by atoms with E-state index in [1.807, 2.05) is 42.5 Å². The second kappa shape index (κ2) is 9.15. The number of para-hydroxylation sites is 2. The fourth-order valence-electron chi connectivity index (χ4n) is 3.06. The number of likely N-dealkylation sites (N-methyl/N-ethyl adjacent to an activating group) is 1. The first-order valence-electron chi connectivity index (χ1n) is 9.39. The van der Waals surface area contributed by atoms with Gasteiger partial charge in [0.2, 0.25) is 11.8 Å². The van der Waals surface area contributed by atoms with Gasteiger partial charge >= 0.3 is 0 Å². The molecule has 0 aliphatic carbocycles. The van der Waals surface area contributed by atoms with Crippen molar-refractivity contribution in [2.75, 3.05) is 24.2 Å². The second-order valence-electron chi connectivity index (χ2n) is 6.93. The van der Waals surface area contributed by atoms with E-state index in [1.54, 1.807) is 24.9 Å². The Labute approximate surface area is 173 Å². The number of nitrogens with zero attached hydrogens (tertiary/aromatic N) is 2. The predicted molar refractivity (Wildman–Crippen MR) is 116 cm³/mol. The minimum atomic E-state index is -0.678. The molecule has 0 aliphatic heterocycles. The van der Waals surface area contributed by atoms with Crippen LogP contribution in [0.4, 0.5) is 17.1 Å². The Kier molecular flexibility index (Phi) is 6.38. The standard InChI is InChI=1S/C22H22N4O4/c1-15(22(28)24-19-11-5-6-13-20(19)26(29)30)25(2)14-21(27)23-18-12-7-9-16-8-3-4-10-17(16)18/h3-13,15H,14H2,1-2H3,(H,23,27)(H,24,28)/t15-/m0/s1. The number of nitro benzene ring substituents is 1. The van der Waals surface area contributed by atoms with E-state index >= 15 is 0 Å². The molecule has 2 amide bonds. The van der Waals surface area contributed by atoms with Gasteiger partial charge in [-0.25, -0.2) is 0 Å². The lowest BCUT2D eigenvalue weighted by atomic mass is 10.1. The van der Waals surface area contributed by atoms with Crippen LogP contribution in [-0.4, -0.2) is 41.3 Å². The summed E-state index contributed by atoms with van der Waals surface area (Å²) in [5, 5.41) is 18.5. The van der Waals surface area contributed by atoms with Gasteiger partial charge in [0.1, 0.15) is 5.69 Å². The Morgan fingerprint density at radius 2 is 1.60 bits per heavy atom. The molecular formula is C22H22N4O4. The predicted octanol–water partition coefficient (Wildman–Crippen LogP) is 3.65. The molecule has 0 spiro atoms. The molecule has 0 unspecified atom stereocenters. The quantitative estimate of drug-likeness (QED) is 0.460. The Morgan fingerprint density at radius 1 is 0.967 bits per heavy atom. The molecule has 2 N–H and O–H groups in total. The normalized spacial score (nSPS) is 11.8. The van der Waals surface area contributed by atoms with Crippen LogP contribution in [0.25, 0.3) is 10.8 Å². The summed E-state index contributed by atoms with van der Waals surface area (Å²) in [4.78, 5) is 37.2. The molecule has 3 aromatic carbocycles. The molecule has 1 atom stereocenters. The summed E-state index contributed by atoms with van der Waals surface area (Å²) < 4.78 is 0. The molecule has 0 fully saturated rings. The Balaban J connectivity index is 1.63. The first-order chi connectivity index (χ1) is 14.4. The van der Waals surface area contributed by atoms with E-state index in [1.165, 1.54) is 18.2 Å². The highest BCUT2D eigenvalue weighted by Crippen LogP contribution is 2.24. The van der Waals surface area contributed by atoms with Crippen molar-refractivity contribution in [3.05, 3.63) is 76.8 Å². The van der Waals surface area contributed by atoms with Crippen molar-refractivity contribution in [2.24, 2.45) is 0 Å². The first kappa shape index (κ1) is 20.9. The summed E-state index contributed by atoms with van der Waals surface area (Å²) >= 11 is 0. The van der Waals surface area contributed by atoms with Crippen LogP contribution >= 0.6 is 0 Å². The smallest absolute Gasteiger partial charge is 0.292 e. The third kappa shape index (κ3) is 4.79. The van der Waals surface area contributed by atoms with E-state index in [-0.39, 0.29) is 23.8 Å². The lowest BCUT2D eigenvalue weighted by molar-refractivity contribution is -0.383. The van der Waals surface area contributed by atoms with Crippen LogP contribution in [0.5, 0.6) is 0 Å². The number of nitro groups is 1. The lowest BCUT2D eigenvalue weighted by Crippen LogP contribution is -2.43. The van der Waals surface area contributed by atoms with E-state index < -0.39 is 16.9 Å². The maximum absolute atomic E-state index is 12.5. The molecule has 0 heterocycles. The number of anilines is 2. The number of rotatable bonds is 7. The monoisotopic (exact) mass is 406 g/mol. The zero-order chi connectivity index (χ0) is 21.7. The van der Waals surface area contributed by atoms with Gasteiger partial charge in [0.25, 0.3) is 5.69 Å². The summed E-state index contributed by atoms with van der Waals surface area (Å²) in [5.74, 6) is -0.705. The van der Waals surface area contributed by atoms with Gasteiger partial charge in [0, 0.05) is 17.1 Å². The van der Waals surface area contributed by atoms with Gasteiger partial charge < -0.3 is 10.6 Å². The summed E-state index contributed by atoms with van der Waals surface area (Å²) in [6, 6.07) is 18.6. The van der Waals surface area contributed by atoms with Crippen molar-refractivity contribution < 1.29 is 14.5 Å². The lowest BCUT2D eigenvalue weighted by Gasteiger charge is -2.23. The summed E-state index contributed by atoms with van der Waals surface area (Å²) in [6.07, 6.45) is 0. The average Bonchev–Trinajstić information content (AvgIpc) is 2.73. The number of amides is 2. The number of carbonyl (C=O) groups is 2. The molecule has 8 nitrogen and oxygen atoms in total. The zero-order valence-corrected chi connectivity index (χ0v) is 16.7. The molecule has 0 aliphatic rings. The third-order valence-electron chi connectivity index (χ3n) is 4.86. The molecule has 0 aromatic heterocycles. The number of hydrogen-bond acceptors (Lipinski definition) is 5. The number of nitrogens with one attached hydrogen (secondary N) is 2. The fraction of sp³-hybridized carbons (Fsp3) is 0.182. The largest absolute Gasteiger partial charge is 0.324 e. The maximum atomic E-state index is 12.5. The van der Waals surface area contributed by atoms with Crippen molar-refractivity contribution in [1.82, 2.24) is 4.90 Å². The van der Waals surface area contributed by atoms with Crippen LogP contribution in [0.2, 0.25) is 0 Å². The van der Waals surface area contributed by atoms with Crippen molar-refractivity contribution in [1.29, 1.82) is 0 Å². The maximum Gasteiger partial charge on any atom is 0.292 e. The van der Waals surface area contributed by atoms with E-state index in [9.17, 15) is 19.7 Å². The molecule has 0 bridgehead atoms. The van der Waals surface area contributed by atoms with Crippen molar-refractivity contribution >= 4 is 39.6 Å². The van der Waals surface area contributed by atoms with Crippen LogP contribution in [0, 0.1) is 10.1 Å². The van der Waals surface area contributed by atoms with Crippen molar-refractivity contribution in [2.45, 2.75) is 13.0 Å². The van der Waals surface area contributed by atoms with Crippen molar-refractivity contribution in [3.8, 4) is 0 Å². The van der Waals surface area contributed by atoms with Gasteiger partial charge in [-0.05, 0) is 31.5 Å². The second-order valence-corrected chi connectivity index (χ2v) is 6.93. The van der Waals surface area contributed by atoms with Crippen LogP contribution < -0.4 is 10.6 Å². The van der Waals surface area contributed by atoms with E-state index in [0.29, 0.717) is 5.69 Å². The molecule has 154 valence electrons. The molecule has 3 aromatic rings. The minimum absolute atomic E-state index is 0.0192. The van der Waals surface area contributed by atoms with Crippen LogP contribution in [-0.2, 0) is 9.59 Å². The number of carbonyl (C=O) groups excluding carboxylic acids is 2. The summed E-state index contributed by atoms with van der Waals surface area (Å²) in [6.45, 7) is 1.62. The van der Waals surface area contributed by atoms with E-state index in [4.69, 9.17) is 0 Å². The zero-order valence-electron chi connectivity index (χ0n) is 16.7. The topological polar surface area (TPSA) is 105 Å². The number of hydrogen-bond donors (Lipinski definition) is 2. The molecule has 3 rings (SSSR count). The fourth-order valence-corrected chi connectivity index (χ4v) is 3.06. The van der Waals surface area contributed by atoms with E-state index in [2.05, 4.69) is 10.6 Å². The van der Waals surface area contributed by atoms with Gasteiger partial charge in [0.15, 0.2) is 0 Å². The molecule has 30 heavy (non-hydrogen) atoms. The van der Waals surface area contributed by atoms with Gasteiger partial charge in [-0.15, -0.1) is 0 Å².